The molecule has 0 radical (unpaired) electrons. The van der Waals surface area contributed by atoms with Crippen molar-refractivity contribution >= 4 is 17.5 Å². The highest BCUT2D eigenvalue weighted by molar-refractivity contribution is 5.98. The molecule has 2 atom stereocenters. The van der Waals surface area contributed by atoms with Crippen LogP contribution in [0, 0.1) is 5.92 Å². The Kier molecular flexibility index (Phi) is 6.28. The number of likely N-dealkylation sites (tertiary alicyclic amines) is 1. The standard InChI is InChI=1S/C23H28N2O2/c1-3-17(2)21(18-9-5-4-6-10-18)22(26)24-20-13-11-19(12-14-20)23(27)25-15-7-8-16-25/h4-6,9-14,17,21H,3,7-8,15-16H2,1-2H3,(H,24,26). The van der Waals surface area contributed by atoms with Crippen molar-refractivity contribution in [2.24, 2.45) is 5.92 Å². The van der Waals surface area contributed by atoms with Crippen LogP contribution >= 0.6 is 0 Å². The number of benzene rings is 2. The molecule has 1 heterocycles. The first kappa shape index (κ1) is 19.2. The molecule has 1 aliphatic rings. The first-order valence-corrected chi connectivity index (χ1v) is 9.85. The quantitative estimate of drug-likeness (QED) is 0.808. The van der Waals surface area contributed by atoms with Gasteiger partial charge in [-0.2, -0.15) is 0 Å². The van der Waals surface area contributed by atoms with Crippen LogP contribution in [0.2, 0.25) is 0 Å². The Morgan fingerprint density at radius 3 is 2.22 bits per heavy atom. The minimum atomic E-state index is -0.192. The van der Waals surface area contributed by atoms with E-state index in [1.165, 1.54) is 0 Å². The van der Waals surface area contributed by atoms with Crippen molar-refractivity contribution in [3.8, 4) is 0 Å². The van der Waals surface area contributed by atoms with Crippen LogP contribution in [0.5, 0.6) is 0 Å². The summed E-state index contributed by atoms with van der Waals surface area (Å²) in [5, 5.41) is 3.03. The molecule has 1 fully saturated rings. The van der Waals surface area contributed by atoms with Crippen LogP contribution in [0.3, 0.4) is 0 Å². The largest absolute Gasteiger partial charge is 0.339 e. The zero-order valence-corrected chi connectivity index (χ0v) is 16.2. The van der Waals surface area contributed by atoms with Crippen molar-refractivity contribution in [3.05, 3.63) is 65.7 Å². The summed E-state index contributed by atoms with van der Waals surface area (Å²) in [6.07, 6.45) is 3.09. The molecule has 2 unspecified atom stereocenters. The highest BCUT2D eigenvalue weighted by atomic mass is 16.2. The average Bonchev–Trinajstić information content (AvgIpc) is 3.23. The van der Waals surface area contributed by atoms with Crippen molar-refractivity contribution in [1.29, 1.82) is 0 Å². The van der Waals surface area contributed by atoms with E-state index in [-0.39, 0.29) is 23.7 Å². The topological polar surface area (TPSA) is 49.4 Å². The number of nitrogens with one attached hydrogen (secondary N) is 1. The number of rotatable bonds is 6. The highest BCUT2D eigenvalue weighted by Gasteiger charge is 2.26. The lowest BCUT2D eigenvalue weighted by molar-refractivity contribution is -0.118. The molecule has 0 bridgehead atoms. The summed E-state index contributed by atoms with van der Waals surface area (Å²) < 4.78 is 0. The Morgan fingerprint density at radius 2 is 1.63 bits per heavy atom. The summed E-state index contributed by atoms with van der Waals surface area (Å²) in [6, 6.07) is 17.2. The number of carbonyl (C=O) groups excluding carboxylic acids is 2. The van der Waals surface area contributed by atoms with E-state index in [9.17, 15) is 9.59 Å². The number of hydrogen-bond donors (Lipinski definition) is 1. The highest BCUT2D eigenvalue weighted by Crippen LogP contribution is 2.28. The van der Waals surface area contributed by atoms with Gasteiger partial charge in [0.1, 0.15) is 0 Å². The van der Waals surface area contributed by atoms with Crippen molar-refractivity contribution in [2.75, 3.05) is 18.4 Å². The predicted molar refractivity (Wildman–Crippen MR) is 109 cm³/mol. The Morgan fingerprint density at radius 1 is 1.00 bits per heavy atom. The SMILES string of the molecule is CCC(C)C(C(=O)Nc1ccc(C(=O)N2CCCC2)cc1)c1ccccc1. The molecule has 4 heteroatoms. The Labute approximate surface area is 161 Å². The molecular weight excluding hydrogens is 336 g/mol. The monoisotopic (exact) mass is 364 g/mol. The molecule has 142 valence electrons. The molecule has 27 heavy (non-hydrogen) atoms. The van der Waals surface area contributed by atoms with Crippen molar-refractivity contribution in [3.63, 3.8) is 0 Å². The smallest absolute Gasteiger partial charge is 0.253 e. The second-order valence-electron chi connectivity index (χ2n) is 7.34. The van der Waals surface area contributed by atoms with Crippen LogP contribution in [0.15, 0.2) is 54.6 Å². The molecule has 0 saturated carbocycles. The van der Waals surface area contributed by atoms with Crippen molar-refractivity contribution in [1.82, 2.24) is 4.90 Å². The van der Waals surface area contributed by atoms with Crippen LogP contribution in [0.4, 0.5) is 5.69 Å². The third-order valence-electron chi connectivity index (χ3n) is 5.45. The van der Waals surface area contributed by atoms with Gasteiger partial charge >= 0.3 is 0 Å². The molecule has 1 aliphatic heterocycles. The van der Waals surface area contributed by atoms with Crippen LogP contribution in [-0.2, 0) is 4.79 Å². The maximum absolute atomic E-state index is 13.0. The average molecular weight is 364 g/mol. The summed E-state index contributed by atoms with van der Waals surface area (Å²) >= 11 is 0. The van der Waals surface area contributed by atoms with Gasteiger partial charge in [-0.1, -0.05) is 50.6 Å². The second-order valence-corrected chi connectivity index (χ2v) is 7.34. The maximum atomic E-state index is 13.0. The van der Waals surface area contributed by atoms with Crippen molar-refractivity contribution in [2.45, 2.75) is 39.0 Å². The molecule has 4 nitrogen and oxygen atoms in total. The Balaban J connectivity index is 1.71. The summed E-state index contributed by atoms with van der Waals surface area (Å²) in [5.74, 6) is 0.117. The fourth-order valence-corrected chi connectivity index (χ4v) is 3.65. The fraction of sp³-hybridized carbons (Fsp3) is 0.391. The van der Waals surface area contributed by atoms with E-state index in [1.807, 2.05) is 47.4 Å². The molecule has 1 N–H and O–H groups in total. The lowest BCUT2D eigenvalue weighted by atomic mass is 9.85. The van der Waals surface area contributed by atoms with E-state index >= 15 is 0 Å². The second kappa shape index (κ2) is 8.85. The number of nitrogens with zero attached hydrogens (tertiary/aromatic N) is 1. The summed E-state index contributed by atoms with van der Waals surface area (Å²) in [6.45, 7) is 5.89. The lowest BCUT2D eigenvalue weighted by Gasteiger charge is -2.23. The Bertz CT molecular complexity index is 765. The van der Waals surface area contributed by atoms with Crippen LogP contribution < -0.4 is 5.32 Å². The van der Waals surface area contributed by atoms with Gasteiger partial charge in [-0.15, -0.1) is 0 Å². The van der Waals surface area contributed by atoms with Crippen LogP contribution in [0.1, 0.15) is 54.9 Å². The van der Waals surface area contributed by atoms with Crippen LogP contribution in [0.25, 0.3) is 0 Å². The molecule has 2 aromatic carbocycles. The summed E-state index contributed by atoms with van der Waals surface area (Å²) in [5.41, 5.74) is 2.43. The van der Waals surface area contributed by atoms with E-state index < -0.39 is 0 Å². The minimum absolute atomic E-state index is 0.00540. The van der Waals surface area contributed by atoms with Crippen molar-refractivity contribution < 1.29 is 9.59 Å². The van der Waals surface area contributed by atoms with Gasteiger partial charge in [0.2, 0.25) is 5.91 Å². The van der Waals surface area contributed by atoms with Gasteiger partial charge in [0.15, 0.2) is 0 Å². The van der Waals surface area contributed by atoms with E-state index in [0.717, 1.165) is 43.6 Å². The molecule has 0 spiro atoms. The first-order chi connectivity index (χ1) is 13.1. The molecule has 2 amide bonds. The zero-order valence-electron chi connectivity index (χ0n) is 16.2. The minimum Gasteiger partial charge on any atom is -0.339 e. The fourth-order valence-electron chi connectivity index (χ4n) is 3.65. The van der Waals surface area contributed by atoms with Gasteiger partial charge in [0.25, 0.3) is 5.91 Å². The van der Waals surface area contributed by atoms with Crippen LogP contribution in [-0.4, -0.2) is 29.8 Å². The lowest BCUT2D eigenvalue weighted by Crippen LogP contribution is -2.28. The third-order valence-corrected chi connectivity index (χ3v) is 5.45. The molecule has 0 aromatic heterocycles. The normalized spacial score (nSPS) is 16.0. The third kappa shape index (κ3) is 4.57. The van der Waals surface area contributed by atoms with Gasteiger partial charge in [-0.25, -0.2) is 0 Å². The molecular formula is C23H28N2O2. The summed E-state index contributed by atoms with van der Waals surface area (Å²) in [4.78, 5) is 27.3. The molecule has 3 rings (SSSR count). The van der Waals surface area contributed by atoms with E-state index in [1.54, 1.807) is 12.1 Å². The maximum Gasteiger partial charge on any atom is 0.253 e. The van der Waals surface area contributed by atoms with E-state index in [0.29, 0.717) is 5.56 Å². The van der Waals surface area contributed by atoms with Gasteiger partial charge in [-0.3, -0.25) is 9.59 Å². The molecule has 1 saturated heterocycles. The molecule has 2 aromatic rings. The van der Waals surface area contributed by atoms with Gasteiger partial charge in [0, 0.05) is 24.3 Å². The molecule has 0 aliphatic carbocycles. The number of anilines is 1. The van der Waals surface area contributed by atoms with E-state index in [4.69, 9.17) is 0 Å². The van der Waals surface area contributed by atoms with Gasteiger partial charge in [-0.05, 0) is 48.6 Å². The zero-order chi connectivity index (χ0) is 19.2. The number of amides is 2. The van der Waals surface area contributed by atoms with Gasteiger partial charge in [0.05, 0.1) is 5.92 Å². The number of carbonyl (C=O) groups is 2. The predicted octanol–water partition coefficient (Wildman–Crippen LogP) is 4.69. The van der Waals surface area contributed by atoms with Gasteiger partial charge < -0.3 is 10.2 Å². The number of hydrogen-bond acceptors (Lipinski definition) is 2. The summed E-state index contributed by atoms with van der Waals surface area (Å²) in [7, 11) is 0. The van der Waals surface area contributed by atoms with E-state index in [2.05, 4.69) is 19.2 Å². The Hall–Kier alpha value is -2.62. The first-order valence-electron chi connectivity index (χ1n) is 9.85.